The topological polar surface area (TPSA) is 18.5 Å². The van der Waals surface area contributed by atoms with Crippen LogP contribution in [0, 0.1) is 0 Å². The maximum Gasteiger partial charge on any atom is 0.231 e. The molecule has 0 N–H and O–H groups in total. The molecular formula is C12H14O2. The molecule has 0 saturated carbocycles. The van der Waals surface area contributed by atoms with Crippen molar-refractivity contribution in [3.05, 3.63) is 29.8 Å². The predicted molar refractivity (Wildman–Crippen MR) is 56.5 cm³/mol. The fraction of sp³-hybridized carbons (Fsp3) is 0.333. The molecule has 2 heteroatoms. The quantitative estimate of drug-likeness (QED) is 0.712. The molecule has 1 aliphatic heterocycles. The van der Waals surface area contributed by atoms with Gasteiger partial charge in [0.05, 0.1) is 0 Å². The Morgan fingerprint density at radius 3 is 2.86 bits per heavy atom. The number of allylic oxidation sites excluding steroid dienone is 2. The minimum atomic E-state index is 0.343. The molecule has 14 heavy (non-hydrogen) atoms. The van der Waals surface area contributed by atoms with Gasteiger partial charge in [0.25, 0.3) is 0 Å². The van der Waals surface area contributed by atoms with Crippen LogP contribution in [0.2, 0.25) is 0 Å². The Bertz CT molecular complexity index is 367. The summed E-state index contributed by atoms with van der Waals surface area (Å²) in [5.41, 5.74) is 2.56. The van der Waals surface area contributed by atoms with Crippen molar-refractivity contribution >= 4 is 5.57 Å². The third-order valence-corrected chi connectivity index (χ3v) is 2.47. The molecule has 0 atom stereocenters. The molecule has 0 bridgehead atoms. The zero-order valence-electron chi connectivity index (χ0n) is 8.54. The monoisotopic (exact) mass is 190 g/mol. The third kappa shape index (κ3) is 1.48. The summed E-state index contributed by atoms with van der Waals surface area (Å²) in [5.74, 6) is 1.70. The van der Waals surface area contributed by atoms with Crippen molar-refractivity contribution < 1.29 is 9.47 Å². The Morgan fingerprint density at radius 1 is 1.36 bits per heavy atom. The highest BCUT2D eigenvalue weighted by Crippen LogP contribution is 2.34. The Kier molecular flexibility index (Phi) is 2.44. The first kappa shape index (κ1) is 9.13. The molecule has 1 heterocycles. The van der Waals surface area contributed by atoms with Crippen molar-refractivity contribution in [3.63, 3.8) is 0 Å². The summed E-state index contributed by atoms with van der Waals surface area (Å²) in [4.78, 5) is 0. The van der Waals surface area contributed by atoms with Crippen LogP contribution in [0.3, 0.4) is 0 Å². The molecule has 0 amide bonds. The van der Waals surface area contributed by atoms with Gasteiger partial charge in [-0.25, -0.2) is 0 Å². The zero-order chi connectivity index (χ0) is 9.97. The van der Waals surface area contributed by atoms with Crippen molar-refractivity contribution in [2.45, 2.75) is 20.3 Å². The fourth-order valence-electron chi connectivity index (χ4n) is 1.67. The van der Waals surface area contributed by atoms with Gasteiger partial charge in [-0.1, -0.05) is 19.1 Å². The maximum atomic E-state index is 5.33. The van der Waals surface area contributed by atoms with E-state index in [1.807, 2.05) is 12.1 Å². The number of rotatable bonds is 2. The maximum absolute atomic E-state index is 5.33. The summed E-state index contributed by atoms with van der Waals surface area (Å²) < 4.78 is 10.6. The molecule has 0 radical (unpaired) electrons. The first-order valence-corrected chi connectivity index (χ1v) is 4.90. The summed E-state index contributed by atoms with van der Waals surface area (Å²) >= 11 is 0. The molecule has 0 unspecified atom stereocenters. The summed E-state index contributed by atoms with van der Waals surface area (Å²) in [6.45, 7) is 4.55. The van der Waals surface area contributed by atoms with Gasteiger partial charge in [0.1, 0.15) is 0 Å². The average Bonchev–Trinajstić information content (AvgIpc) is 2.66. The van der Waals surface area contributed by atoms with Gasteiger partial charge in [-0.2, -0.15) is 0 Å². The zero-order valence-corrected chi connectivity index (χ0v) is 8.54. The Balaban J connectivity index is 2.37. The molecule has 1 aromatic rings. The largest absolute Gasteiger partial charge is 0.454 e. The highest BCUT2D eigenvalue weighted by atomic mass is 16.7. The standard InChI is InChI=1S/C12H14O2/c1-3-9(4-2)10-5-6-11-12(7-10)14-8-13-11/h3,5-7H,4,8H2,1-2H3/b9-3+. The van der Waals surface area contributed by atoms with Crippen LogP contribution in [0.4, 0.5) is 0 Å². The van der Waals surface area contributed by atoms with E-state index >= 15 is 0 Å². The van der Waals surface area contributed by atoms with Crippen molar-refractivity contribution in [2.75, 3.05) is 6.79 Å². The van der Waals surface area contributed by atoms with Crippen molar-refractivity contribution in [3.8, 4) is 11.5 Å². The molecule has 0 fully saturated rings. The van der Waals surface area contributed by atoms with Gasteiger partial charge in [0.15, 0.2) is 11.5 Å². The molecular weight excluding hydrogens is 176 g/mol. The minimum absolute atomic E-state index is 0.343. The lowest BCUT2D eigenvalue weighted by Gasteiger charge is -2.05. The van der Waals surface area contributed by atoms with Gasteiger partial charge in [-0.05, 0) is 36.6 Å². The van der Waals surface area contributed by atoms with Gasteiger partial charge in [-0.15, -0.1) is 0 Å². The van der Waals surface area contributed by atoms with E-state index in [4.69, 9.17) is 9.47 Å². The second-order valence-corrected chi connectivity index (χ2v) is 3.24. The summed E-state index contributed by atoms with van der Waals surface area (Å²) in [5, 5.41) is 0. The van der Waals surface area contributed by atoms with Crippen LogP contribution in [0.1, 0.15) is 25.8 Å². The van der Waals surface area contributed by atoms with Gasteiger partial charge in [-0.3, -0.25) is 0 Å². The van der Waals surface area contributed by atoms with Crippen LogP contribution in [0.5, 0.6) is 11.5 Å². The third-order valence-electron chi connectivity index (χ3n) is 2.47. The molecule has 0 aromatic heterocycles. The molecule has 0 saturated heterocycles. The number of benzene rings is 1. The van der Waals surface area contributed by atoms with E-state index in [2.05, 4.69) is 26.0 Å². The van der Waals surface area contributed by atoms with Crippen molar-refractivity contribution in [2.24, 2.45) is 0 Å². The molecule has 74 valence electrons. The fourth-order valence-corrected chi connectivity index (χ4v) is 1.67. The lowest BCUT2D eigenvalue weighted by molar-refractivity contribution is 0.174. The van der Waals surface area contributed by atoms with Crippen LogP contribution in [0.15, 0.2) is 24.3 Å². The van der Waals surface area contributed by atoms with Crippen LogP contribution < -0.4 is 9.47 Å². The highest BCUT2D eigenvalue weighted by Gasteiger charge is 2.13. The van der Waals surface area contributed by atoms with E-state index < -0.39 is 0 Å². The number of fused-ring (bicyclic) bond motifs is 1. The van der Waals surface area contributed by atoms with E-state index in [1.165, 1.54) is 11.1 Å². The highest BCUT2D eigenvalue weighted by molar-refractivity contribution is 5.67. The molecule has 1 aromatic carbocycles. The summed E-state index contributed by atoms with van der Waals surface area (Å²) in [6.07, 6.45) is 3.17. The summed E-state index contributed by atoms with van der Waals surface area (Å²) in [6, 6.07) is 6.09. The molecule has 0 spiro atoms. The van der Waals surface area contributed by atoms with Crippen LogP contribution in [0.25, 0.3) is 5.57 Å². The lowest BCUT2D eigenvalue weighted by Crippen LogP contribution is -1.92. The van der Waals surface area contributed by atoms with E-state index in [-0.39, 0.29) is 0 Å². The smallest absolute Gasteiger partial charge is 0.231 e. The van der Waals surface area contributed by atoms with Gasteiger partial charge in [0.2, 0.25) is 6.79 Å². The second kappa shape index (κ2) is 3.74. The van der Waals surface area contributed by atoms with Gasteiger partial charge in [0, 0.05) is 0 Å². The van der Waals surface area contributed by atoms with Crippen molar-refractivity contribution in [1.29, 1.82) is 0 Å². The van der Waals surface area contributed by atoms with Crippen LogP contribution >= 0.6 is 0 Å². The van der Waals surface area contributed by atoms with Crippen LogP contribution in [-0.4, -0.2) is 6.79 Å². The molecule has 1 aliphatic rings. The van der Waals surface area contributed by atoms with Gasteiger partial charge >= 0.3 is 0 Å². The molecule has 2 rings (SSSR count). The van der Waals surface area contributed by atoms with E-state index in [0.717, 1.165) is 17.9 Å². The van der Waals surface area contributed by atoms with Crippen molar-refractivity contribution in [1.82, 2.24) is 0 Å². The number of hydrogen-bond donors (Lipinski definition) is 0. The minimum Gasteiger partial charge on any atom is -0.454 e. The second-order valence-electron chi connectivity index (χ2n) is 3.24. The van der Waals surface area contributed by atoms with Gasteiger partial charge < -0.3 is 9.47 Å². The van der Waals surface area contributed by atoms with Crippen LogP contribution in [-0.2, 0) is 0 Å². The van der Waals surface area contributed by atoms with E-state index in [9.17, 15) is 0 Å². The van der Waals surface area contributed by atoms with E-state index in [0.29, 0.717) is 6.79 Å². The summed E-state index contributed by atoms with van der Waals surface area (Å²) in [7, 11) is 0. The SMILES string of the molecule is C/C=C(\CC)c1ccc2c(c1)OCO2. The Hall–Kier alpha value is -1.44. The predicted octanol–water partition coefficient (Wildman–Crippen LogP) is 3.23. The normalized spacial score (nSPS) is 14.6. The Morgan fingerprint density at radius 2 is 2.14 bits per heavy atom. The first-order valence-electron chi connectivity index (χ1n) is 4.90. The number of hydrogen-bond acceptors (Lipinski definition) is 2. The molecule has 2 nitrogen and oxygen atoms in total. The molecule has 0 aliphatic carbocycles. The number of ether oxygens (including phenoxy) is 2. The average molecular weight is 190 g/mol. The Labute approximate surface area is 84.2 Å². The van der Waals surface area contributed by atoms with E-state index in [1.54, 1.807) is 0 Å². The first-order chi connectivity index (χ1) is 6.85. The lowest BCUT2D eigenvalue weighted by atomic mass is 10.0.